The van der Waals surface area contributed by atoms with Gasteiger partial charge in [0, 0.05) is 11.1 Å². The number of aromatic carboxylic acids is 1. The van der Waals surface area contributed by atoms with Crippen molar-refractivity contribution in [2.45, 2.75) is 0 Å². The molecule has 0 fully saturated rings. The molecule has 0 heterocycles. The minimum atomic E-state index is -1.01. The Hall–Kier alpha value is -1.68. The van der Waals surface area contributed by atoms with E-state index >= 15 is 0 Å². The minimum Gasteiger partial charge on any atom is -0.497 e. The van der Waals surface area contributed by atoms with Gasteiger partial charge in [0.15, 0.2) is 0 Å². The maximum absolute atomic E-state index is 10.9. The Morgan fingerprint density at radius 1 is 1.62 bits per heavy atom. The molecule has 1 aromatic carbocycles. The molecule has 0 aromatic heterocycles. The van der Waals surface area contributed by atoms with Crippen molar-refractivity contribution in [2.24, 2.45) is 0 Å². The molecule has 4 nitrogen and oxygen atoms in total. The molecule has 0 spiro atoms. The highest BCUT2D eigenvalue weighted by molar-refractivity contribution is 6.29. The molecule has 0 saturated heterocycles. The van der Waals surface area contributed by atoms with E-state index in [1.54, 1.807) is 12.1 Å². The molecule has 0 atom stereocenters. The van der Waals surface area contributed by atoms with Gasteiger partial charge in [-0.2, -0.15) is 0 Å². The molecule has 0 unspecified atom stereocenters. The molecule has 5 heteroatoms. The van der Waals surface area contributed by atoms with Crippen molar-refractivity contribution in [3.63, 3.8) is 0 Å². The fourth-order valence-corrected chi connectivity index (χ4v) is 1.24. The Bertz CT molecular complexity index is 418. The minimum absolute atomic E-state index is 0.165. The van der Waals surface area contributed by atoms with Crippen LogP contribution in [0, 0.1) is 0 Å². The van der Waals surface area contributed by atoms with E-state index in [1.165, 1.54) is 13.2 Å². The van der Waals surface area contributed by atoms with Crippen molar-refractivity contribution in [2.75, 3.05) is 19.0 Å². The zero-order chi connectivity index (χ0) is 12.1. The Morgan fingerprint density at radius 2 is 2.31 bits per heavy atom. The van der Waals surface area contributed by atoms with Crippen LogP contribution in [0.4, 0.5) is 5.69 Å². The number of anilines is 1. The van der Waals surface area contributed by atoms with E-state index in [4.69, 9.17) is 21.4 Å². The predicted octanol–water partition coefficient (Wildman–Crippen LogP) is 2.56. The third-order valence-corrected chi connectivity index (χ3v) is 2.06. The van der Waals surface area contributed by atoms with Gasteiger partial charge in [0.25, 0.3) is 0 Å². The largest absolute Gasteiger partial charge is 0.497 e. The fraction of sp³-hybridized carbons (Fsp3) is 0.182. The normalized spacial score (nSPS) is 9.62. The number of methoxy groups -OCH3 is 1. The van der Waals surface area contributed by atoms with Gasteiger partial charge in [-0.25, -0.2) is 4.79 Å². The standard InChI is InChI=1S/C11H12ClNO3/c1-7(12)6-13-10-5-8(16-2)3-4-9(10)11(14)15/h3-5,13H,1,6H2,2H3,(H,14,15). The predicted molar refractivity (Wildman–Crippen MR) is 63.4 cm³/mol. The number of halogens is 1. The Balaban J connectivity index is 3.00. The van der Waals surface area contributed by atoms with Gasteiger partial charge in [-0.05, 0) is 12.1 Å². The Labute approximate surface area is 98.5 Å². The summed E-state index contributed by atoms with van der Waals surface area (Å²) in [6, 6.07) is 4.66. The highest BCUT2D eigenvalue weighted by Gasteiger charge is 2.10. The van der Waals surface area contributed by atoms with Gasteiger partial charge in [-0.3, -0.25) is 0 Å². The first-order chi connectivity index (χ1) is 7.54. The molecule has 0 radical (unpaired) electrons. The molecule has 0 amide bonds. The van der Waals surface area contributed by atoms with Crippen LogP contribution < -0.4 is 10.1 Å². The third kappa shape index (κ3) is 3.17. The van der Waals surface area contributed by atoms with Crippen LogP contribution in [0.25, 0.3) is 0 Å². The second kappa shape index (κ2) is 5.42. The lowest BCUT2D eigenvalue weighted by atomic mass is 10.1. The molecule has 0 aliphatic rings. The van der Waals surface area contributed by atoms with E-state index in [0.29, 0.717) is 23.0 Å². The summed E-state index contributed by atoms with van der Waals surface area (Å²) in [6.45, 7) is 3.81. The average Bonchev–Trinajstić information content (AvgIpc) is 2.25. The molecule has 0 saturated carbocycles. The number of ether oxygens (including phenoxy) is 1. The average molecular weight is 242 g/mol. The Kier molecular flexibility index (Phi) is 4.19. The first-order valence-corrected chi connectivity index (χ1v) is 4.91. The quantitative estimate of drug-likeness (QED) is 0.832. The number of benzene rings is 1. The lowest BCUT2D eigenvalue weighted by molar-refractivity contribution is 0.0698. The number of rotatable bonds is 5. The number of carboxylic acid groups (broad SMARTS) is 1. The maximum Gasteiger partial charge on any atom is 0.337 e. The SMILES string of the molecule is C=C(Cl)CNc1cc(OC)ccc1C(=O)O. The van der Waals surface area contributed by atoms with E-state index in [0.717, 1.165) is 0 Å². The van der Waals surface area contributed by atoms with Crippen LogP contribution in [0.15, 0.2) is 29.8 Å². The molecule has 1 aromatic rings. The van der Waals surface area contributed by atoms with Gasteiger partial charge in [0.2, 0.25) is 0 Å². The van der Waals surface area contributed by atoms with Crippen molar-refractivity contribution in [1.29, 1.82) is 0 Å². The molecule has 86 valence electrons. The van der Waals surface area contributed by atoms with Crippen molar-refractivity contribution in [1.82, 2.24) is 0 Å². The Morgan fingerprint density at radius 3 is 2.81 bits per heavy atom. The van der Waals surface area contributed by atoms with Gasteiger partial charge in [-0.1, -0.05) is 18.2 Å². The smallest absolute Gasteiger partial charge is 0.337 e. The lowest BCUT2D eigenvalue weighted by Crippen LogP contribution is -2.07. The van der Waals surface area contributed by atoms with E-state index in [-0.39, 0.29) is 5.56 Å². The summed E-state index contributed by atoms with van der Waals surface area (Å²) in [4.78, 5) is 10.9. The van der Waals surface area contributed by atoms with Crippen molar-refractivity contribution in [3.8, 4) is 5.75 Å². The molecule has 1 rings (SSSR count). The zero-order valence-electron chi connectivity index (χ0n) is 8.79. The summed E-state index contributed by atoms with van der Waals surface area (Å²) in [5.41, 5.74) is 0.618. The summed E-state index contributed by atoms with van der Waals surface area (Å²) >= 11 is 5.60. The van der Waals surface area contributed by atoms with Crippen LogP contribution >= 0.6 is 11.6 Å². The topological polar surface area (TPSA) is 58.6 Å². The van der Waals surface area contributed by atoms with E-state index in [2.05, 4.69) is 11.9 Å². The summed E-state index contributed by atoms with van der Waals surface area (Å²) in [6.07, 6.45) is 0. The number of hydrogen-bond acceptors (Lipinski definition) is 3. The third-order valence-electron chi connectivity index (χ3n) is 1.93. The van der Waals surface area contributed by atoms with Crippen molar-refractivity contribution < 1.29 is 14.6 Å². The number of carboxylic acids is 1. The van der Waals surface area contributed by atoms with Crippen LogP contribution in [0.3, 0.4) is 0 Å². The zero-order valence-corrected chi connectivity index (χ0v) is 9.54. The highest BCUT2D eigenvalue weighted by atomic mass is 35.5. The molecule has 2 N–H and O–H groups in total. The van der Waals surface area contributed by atoms with Crippen LogP contribution in [0.5, 0.6) is 5.75 Å². The van der Waals surface area contributed by atoms with E-state index < -0.39 is 5.97 Å². The van der Waals surface area contributed by atoms with E-state index in [1.807, 2.05) is 0 Å². The summed E-state index contributed by atoms with van der Waals surface area (Å²) in [7, 11) is 1.51. The van der Waals surface area contributed by atoms with Gasteiger partial charge in [0.05, 0.1) is 24.9 Å². The van der Waals surface area contributed by atoms with E-state index in [9.17, 15) is 4.79 Å². The lowest BCUT2D eigenvalue weighted by Gasteiger charge is -2.10. The maximum atomic E-state index is 10.9. The molecule has 16 heavy (non-hydrogen) atoms. The number of hydrogen-bond donors (Lipinski definition) is 2. The number of carbonyl (C=O) groups is 1. The van der Waals surface area contributed by atoms with Crippen LogP contribution in [-0.2, 0) is 0 Å². The molecule has 0 bridgehead atoms. The summed E-state index contributed by atoms with van der Waals surface area (Å²) in [5, 5.41) is 12.2. The molecule has 0 aliphatic heterocycles. The molecule has 0 aliphatic carbocycles. The second-order valence-electron chi connectivity index (χ2n) is 3.09. The highest BCUT2D eigenvalue weighted by Crippen LogP contribution is 2.22. The van der Waals surface area contributed by atoms with Gasteiger partial charge >= 0.3 is 5.97 Å². The van der Waals surface area contributed by atoms with Crippen molar-refractivity contribution >= 4 is 23.3 Å². The van der Waals surface area contributed by atoms with Gasteiger partial charge in [-0.15, -0.1) is 0 Å². The first kappa shape index (κ1) is 12.4. The summed E-state index contributed by atoms with van der Waals surface area (Å²) < 4.78 is 5.01. The van der Waals surface area contributed by atoms with Crippen LogP contribution in [-0.4, -0.2) is 24.7 Å². The van der Waals surface area contributed by atoms with Crippen molar-refractivity contribution in [3.05, 3.63) is 35.4 Å². The second-order valence-corrected chi connectivity index (χ2v) is 3.62. The van der Waals surface area contributed by atoms with Crippen LogP contribution in [0.2, 0.25) is 0 Å². The fourth-order valence-electron chi connectivity index (χ4n) is 1.17. The van der Waals surface area contributed by atoms with Gasteiger partial charge in [0.1, 0.15) is 5.75 Å². The molecular formula is C11H12ClNO3. The van der Waals surface area contributed by atoms with Crippen LogP contribution in [0.1, 0.15) is 10.4 Å². The van der Waals surface area contributed by atoms with Gasteiger partial charge < -0.3 is 15.2 Å². The first-order valence-electron chi connectivity index (χ1n) is 4.53. The number of nitrogens with one attached hydrogen (secondary N) is 1. The monoisotopic (exact) mass is 241 g/mol. The molecular weight excluding hydrogens is 230 g/mol. The summed E-state index contributed by atoms with van der Waals surface area (Å²) in [5.74, 6) is -0.432.